The Balaban J connectivity index is 2.48. The van der Waals surface area contributed by atoms with Crippen LogP contribution in [0.4, 0.5) is 0 Å². The number of fused-ring (bicyclic) bond motifs is 1. The summed E-state index contributed by atoms with van der Waals surface area (Å²) in [5, 5.41) is 0. The van der Waals surface area contributed by atoms with Crippen molar-refractivity contribution in [1.82, 2.24) is 9.97 Å². The Morgan fingerprint density at radius 1 is 1.50 bits per heavy atom. The second kappa shape index (κ2) is 3.59. The molecule has 0 aliphatic heterocycles. The number of aldehydes is 1. The van der Waals surface area contributed by atoms with E-state index < -0.39 is 0 Å². The minimum atomic E-state index is 0.570. The van der Waals surface area contributed by atoms with Crippen molar-refractivity contribution in [3.63, 3.8) is 0 Å². The first kappa shape index (κ1) is 8.90. The summed E-state index contributed by atoms with van der Waals surface area (Å²) in [5.74, 6) is 0.866. The lowest BCUT2D eigenvalue weighted by Gasteiger charge is -1.89. The van der Waals surface area contributed by atoms with Gasteiger partial charge in [-0.2, -0.15) is 0 Å². The summed E-state index contributed by atoms with van der Waals surface area (Å²) in [5.41, 5.74) is 7.84. The second-order valence-corrected chi connectivity index (χ2v) is 3.12. The van der Waals surface area contributed by atoms with Crippen LogP contribution in [0.2, 0.25) is 0 Å². The van der Waals surface area contributed by atoms with Gasteiger partial charge in [-0.05, 0) is 24.7 Å². The number of nitrogens with one attached hydrogen (secondary N) is 1. The number of hydrogen-bond donors (Lipinski definition) is 2. The molecule has 2 rings (SSSR count). The van der Waals surface area contributed by atoms with Gasteiger partial charge in [-0.25, -0.2) is 4.98 Å². The van der Waals surface area contributed by atoms with E-state index in [-0.39, 0.29) is 0 Å². The molecule has 1 heterocycles. The average molecular weight is 189 g/mol. The molecule has 0 spiro atoms. The molecule has 0 amide bonds. The Kier molecular flexibility index (Phi) is 2.28. The van der Waals surface area contributed by atoms with Crippen molar-refractivity contribution in [2.24, 2.45) is 5.73 Å². The first-order valence-electron chi connectivity index (χ1n) is 4.47. The molecule has 0 saturated carbocycles. The summed E-state index contributed by atoms with van der Waals surface area (Å²) in [7, 11) is 0. The molecule has 72 valence electrons. The van der Waals surface area contributed by atoms with Crippen LogP contribution in [0.15, 0.2) is 18.2 Å². The number of carbonyl (C=O) groups excluding carboxylic acids is 1. The lowest BCUT2D eigenvalue weighted by molar-refractivity contribution is 0.112. The smallest absolute Gasteiger partial charge is 0.150 e. The lowest BCUT2D eigenvalue weighted by Crippen LogP contribution is -2.03. The largest absolute Gasteiger partial charge is 0.342 e. The Morgan fingerprint density at radius 3 is 3.07 bits per heavy atom. The predicted octanol–water partition coefficient (Wildman–Crippen LogP) is 0.877. The number of carbonyl (C=O) groups is 1. The number of imidazole rings is 1. The molecule has 2 aromatic rings. The summed E-state index contributed by atoms with van der Waals surface area (Å²) in [4.78, 5) is 18.0. The monoisotopic (exact) mass is 189 g/mol. The predicted molar refractivity (Wildman–Crippen MR) is 54.2 cm³/mol. The van der Waals surface area contributed by atoms with Gasteiger partial charge < -0.3 is 10.7 Å². The minimum absolute atomic E-state index is 0.570. The van der Waals surface area contributed by atoms with E-state index in [2.05, 4.69) is 9.97 Å². The molecule has 3 N–H and O–H groups in total. The second-order valence-electron chi connectivity index (χ2n) is 3.12. The van der Waals surface area contributed by atoms with Crippen LogP contribution in [0.3, 0.4) is 0 Å². The van der Waals surface area contributed by atoms with Gasteiger partial charge in [0.2, 0.25) is 0 Å². The molecule has 0 saturated heterocycles. The number of nitrogens with zero attached hydrogens (tertiary/aromatic N) is 1. The third kappa shape index (κ3) is 1.52. The fraction of sp³-hybridized carbons (Fsp3) is 0.200. The van der Waals surface area contributed by atoms with Crippen LogP contribution in [0.5, 0.6) is 0 Å². The van der Waals surface area contributed by atoms with Crippen LogP contribution in [0, 0.1) is 0 Å². The standard InChI is InChI=1S/C10H11N3O/c11-4-3-10-12-8-2-1-7(6-14)5-9(8)13-10/h1-2,5-6H,3-4,11H2,(H,12,13). The molecule has 1 aromatic heterocycles. The summed E-state index contributed by atoms with van der Waals surface area (Å²) < 4.78 is 0. The van der Waals surface area contributed by atoms with E-state index in [1.807, 2.05) is 6.07 Å². The van der Waals surface area contributed by atoms with Gasteiger partial charge in [0.25, 0.3) is 0 Å². The normalized spacial score (nSPS) is 10.6. The zero-order valence-corrected chi connectivity index (χ0v) is 7.66. The number of H-pyrrole nitrogens is 1. The zero-order valence-electron chi connectivity index (χ0n) is 7.66. The SMILES string of the molecule is NCCc1nc2ccc(C=O)cc2[nH]1. The van der Waals surface area contributed by atoms with E-state index >= 15 is 0 Å². The van der Waals surface area contributed by atoms with Crippen LogP contribution >= 0.6 is 0 Å². The first-order valence-corrected chi connectivity index (χ1v) is 4.47. The average Bonchev–Trinajstić information content (AvgIpc) is 2.59. The van der Waals surface area contributed by atoms with Gasteiger partial charge >= 0.3 is 0 Å². The molecular formula is C10H11N3O. The molecule has 14 heavy (non-hydrogen) atoms. The van der Waals surface area contributed by atoms with Crippen molar-refractivity contribution < 1.29 is 4.79 Å². The Hall–Kier alpha value is -1.68. The van der Waals surface area contributed by atoms with Crippen LogP contribution in [0.1, 0.15) is 16.2 Å². The van der Waals surface area contributed by atoms with Crippen molar-refractivity contribution in [1.29, 1.82) is 0 Å². The molecule has 4 heteroatoms. The van der Waals surface area contributed by atoms with E-state index in [4.69, 9.17) is 5.73 Å². The first-order chi connectivity index (χ1) is 6.83. The molecule has 0 atom stereocenters. The van der Waals surface area contributed by atoms with Crippen LogP contribution < -0.4 is 5.73 Å². The van der Waals surface area contributed by atoms with Gasteiger partial charge in [0, 0.05) is 12.0 Å². The molecule has 0 aliphatic carbocycles. The fourth-order valence-corrected chi connectivity index (χ4v) is 1.41. The van der Waals surface area contributed by atoms with Crippen molar-refractivity contribution in [2.45, 2.75) is 6.42 Å². The molecule has 4 nitrogen and oxygen atoms in total. The third-order valence-electron chi connectivity index (χ3n) is 2.07. The summed E-state index contributed by atoms with van der Waals surface area (Å²) in [6.45, 7) is 0.570. The maximum absolute atomic E-state index is 10.5. The molecular weight excluding hydrogens is 178 g/mol. The van der Waals surface area contributed by atoms with Crippen LogP contribution in [-0.2, 0) is 6.42 Å². The minimum Gasteiger partial charge on any atom is -0.342 e. The fourth-order valence-electron chi connectivity index (χ4n) is 1.41. The number of rotatable bonds is 3. The highest BCUT2D eigenvalue weighted by molar-refractivity contribution is 5.84. The maximum atomic E-state index is 10.5. The number of nitrogens with two attached hydrogens (primary N) is 1. The molecule has 0 radical (unpaired) electrons. The molecule has 1 aromatic carbocycles. The molecule has 0 unspecified atom stereocenters. The molecule has 0 bridgehead atoms. The summed E-state index contributed by atoms with van der Waals surface area (Å²) >= 11 is 0. The number of aromatic amines is 1. The third-order valence-corrected chi connectivity index (χ3v) is 2.07. The Bertz CT molecular complexity index is 461. The van der Waals surface area contributed by atoms with Gasteiger partial charge in [0.05, 0.1) is 11.0 Å². The van der Waals surface area contributed by atoms with Crippen LogP contribution in [-0.4, -0.2) is 22.8 Å². The topological polar surface area (TPSA) is 71.8 Å². The van der Waals surface area contributed by atoms with Gasteiger partial charge in [0.1, 0.15) is 12.1 Å². The van der Waals surface area contributed by atoms with Crippen molar-refractivity contribution >= 4 is 17.3 Å². The molecule has 0 fully saturated rings. The Labute approximate surface area is 81.1 Å². The molecule has 0 aliphatic rings. The lowest BCUT2D eigenvalue weighted by atomic mass is 10.2. The van der Waals surface area contributed by atoms with Gasteiger partial charge in [-0.1, -0.05) is 0 Å². The van der Waals surface area contributed by atoms with Crippen molar-refractivity contribution in [3.8, 4) is 0 Å². The van der Waals surface area contributed by atoms with Crippen molar-refractivity contribution in [2.75, 3.05) is 6.54 Å². The maximum Gasteiger partial charge on any atom is 0.150 e. The van der Waals surface area contributed by atoms with Crippen molar-refractivity contribution in [3.05, 3.63) is 29.6 Å². The quantitative estimate of drug-likeness (QED) is 0.704. The van der Waals surface area contributed by atoms with E-state index in [1.54, 1.807) is 12.1 Å². The summed E-state index contributed by atoms with van der Waals surface area (Å²) in [6.07, 6.45) is 1.55. The number of benzene rings is 1. The van der Waals surface area contributed by atoms with Gasteiger partial charge in [-0.15, -0.1) is 0 Å². The van der Waals surface area contributed by atoms with Gasteiger partial charge in [-0.3, -0.25) is 4.79 Å². The number of aromatic nitrogens is 2. The highest BCUT2D eigenvalue weighted by Crippen LogP contribution is 2.12. The summed E-state index contributed by atoms with van der Waals surface area (Å²) in [6, 6.07) is 5.37. The van der Waals surface area contributed by atoms with E-state index in [1.165, 1.54) is 0 Å². The Morgan fingerprint density at radius 2 is 2.36 bits per heavy atom. The highest BCUT2D eigenvalue weighted by Gasteiger charge is 2.02. The van der Waals surface area contributed by atoms with E-state index in [0.717, 1.165) is 29.6 Å². The van der Waals surface area contributed by atoms with E-state index in [0.29, 0.717) is 12.1 Å². The van der Waals surface area contributed by atoms with Crippen LogP contribution in [0.25, 0.3) is 11.0 Å². The van der Waals surface area contributed by atoms with Gasteiger partial charge in [0.15, 0.2) is 0 Å². The zero-order chi connectivity index (χ0) is 9.97. The van der Waals surface area contributed by atoms with E-state index in [9.17, 15) is 4.79 Å². The highest BCUT2D eigenvalue weighted by atomic mass is 16.1. The number of hydrogen-bond acceptors (Lipinski definition) is 3.